The normalized spacial score (nSPS) is 12.2. The smallest absolute Gasteiger partial charge is 0.465 e. The number of amides is 4. The molecule has 0 radical (unpaired) electrons. The quantitative estimate of drug-likeness (QED) is 0.154. The average molecular weight is 622 g/mol. The van der Waals surface area contributed by atoms with Gasteiger partial charge in [-0.05, 0) is 19.8 Å². The first-order valence-electron chi connectivity index (χ1n) is 8.86. The number of carbonyl (C=O) groups excluding carboxylic acids is 3. The molecule has 5 N–H and O–H groups in total. The number of alkyl carbamates (subject to hydrolysis) is 1. The van der Waals surface area contributed by atoms with Crippen LogP contribution in [0.15, 0.2) is 0 Å². The molecule has 0 saturated carbocycles. The van der Waals surface area contributed by atoms with Crippen LogP contribution in [-0.4, -0.2) is 61.6 Å². The van der Waals surface area contributed by atoms with Crippen molar-refractivity contribution in [1.82, 2.24) is 21.3 Å². The van der Waals surface area contributed by atoms with Gasteiger partial charge in [0.05, 0.1) is 7.11 Å². The fraction of sp³-hybridized carbons (Fsp3) is 0.733. The maximum absolute atomic E-state index is 12.2. The van der Waals surface area contributed by atoms with E-state index in [0.717, 1.165) is 0 Å². The Hall–Kier alpha value is -1.51. The van der Waals surface area contributed by atoms with Gasteiger partial charge < -0.3 is 15.2 Å². The molecule has 29 heavy (non-hydrogen) atoms. The number of rotatable bonds is 13. The van der Waals surface area contributed by atoms with Gasteiger partial charge in [-0.3, -0.25) is 0 Å². The SMILES string of the molecule is COC(=O)NC(C)CCCNC(=O)C(CCCCNC(=O)OP=[S]=[W])NC(=O)O. The predicted octanol–water partition coefficient (Wildman–Crippen LogP) is 1.48. The second-order valence-corrected chi connectivity index (χ2v) is 12.1. The molecule has 0 aliphatic heterocycles. The fourth-order valence-electron chi connectivity index (χ4n) is 2.24. The van der Waals surface area contributed by atoms with Crippen LogP contribution in [0.5, 0.6) is 0 Å². The van der Waals surface area contributed by atoms with Crippen LogP contribution in [0.3, 0.4) is 0 Å². The van der Waals surface area contributed by atoms with Crippen molar-refractivity contribution in [2.24, 2.45) is 0 Å². The van der Waals surface area contributed by atoms with Crippen molar-refractivity contribution < 1.29 is 51.5 Å². The number of carbonyl (C=O) groups is 4. The molecule has 14 heteroatoms. The van der Waals surface area contributed by atoms with Crippen molar-refractivity contribution in [2.75, 3.05) is 20.2 Å². The summed E-state index contributed by atoms with van der Waals surface area (Å²) in [4.78, 5) is 45.5. The first kappa shape index (κ1) is 27.5. The molecule has 0 fully saturated rings. The molecule has 0 saturated heterocycles. The Morgan fingerprint density at radius 3 is 2.34 bits per heavy atom. The monoisotopic (exact) mass is 622 g/mol. The summed E-state index contributed by atoms with van der Waals surface area (Å²) in [7, 11) is 3.26. The van der Waals surface area contributed by atoms with E-state index in [0.29, 0.717) is 52.8 Å². The summed E-state index contributed by atoms with van der Waals surface area (Å²) >= 11 is 1.25. The van der Waals surface area contributed by atoms with E-state index in [9.17, 15) is 19.2 Å². The van der Waals surface area contributed by atoms with E-state index in [-0.39, 0.29) is 6.04 Å². The summed E-state index contributed by atoms with van der Waals surface area (Å²) in [6.07, 6.45) is 0.378. The molecule has 0 aromatic heterocycles. The second-order valence-electron chi connectivity index (χ2n) is 5.92. The van der Waals surface area contributed by atoms with Crippen molar-refractivity contribution >= 4 is 39.9 Å². The summed E-state index contributed by atoms with van der Waals surface area (Å²) in [5.41, 5.74) is 0. The molecule has 11 nitrogen and oxygen atoms in total. The Morgan fingerprint density at radius 2 is 1.72 bits per heavy atom. The van der Waals surface area contributed by atoms with Crippen molar-refractivity contribution in [1.29, 1.82) is 0 Å². The number of methoxy groups -OCH3 is 1. The van der Waals surface area contributed by atoms with Gasteiger partial charge in [-0.1, -0.05) is 0 Å². The van der Waals surface area contributed by atoms with Crippen molar-refractivity contribution in [2.45, 2.75) is 51.1 Å². The molecule has 4 amide bonds. The molecule has 166 valence electrons. The Labute approximate surface area is 183 Å². The van der Waals surface area contributed by atoms with Crippen LogP contribution in [0.4, 0.5) is 14.4 Å². The molecule has 0 heterocycles. The molecule has 0 bridgehead atoms. The van der Waals surface area contributed by atoms with Crippen molar-refractivity contribution in [3.05, 3.63) is 0 Å². The van der Waals surface area contributed by atoms with Gasteiger partial charge in [0.15, 0.2) is 0 Å². The molecule has 0 aliphatic rings. The number of hydrogen-bond donors (Lipinski definition) is 5. The fourth-order valence-corrected chi connectivity index (χ4v) is 3.68. The minimum atomic E-state index is -1.28. The van der Waals surface area contributed by atoms with Gasteiger partial charge in [-0.15, -0.1) is 0 Å². The van der Waals surface area contributed by atoms with Crippen molar-refractivity contribution in [3.8, 4) is 0 Å². The van der Waals surface area contributed by atoms with Crippen LogP contribution >= 0.6 is 7.58 Å². The Kier molecular flexibility index (Phi) is 16.5. The summed E-state index contributed by atoms with van der Waals surface area (Å²) in [5, 5.41) is 19.0. The van der Waals surface area contributed by atoms with E-state index < -0.39 is 30.2 Å². The van der Waals surface area contributed by atoms with Gasteiger partial charge in [0.25, 0.3) is 0 Å². The minimum absolute atomic E-state index is 0.108. The molecule has 0 spiro atoms. The third-order valence-corrected chi connectivity index (χ3v) is 6.29. The van der Waals surface area contributed by atoms with Gasteiger partial charge >= 0.3 is 120 Å². The van der Waals surface area contributed by atoms with Gasteiger partial charge in [0, 0.05) is 12.6 Å². The van der Waals surface area contributed by atoms with Gasteiger partial charge in [-0.25, -0.2) is 9.59 Å². The van der Waals surface area contributed by atoms with E-state index in [2.05, 4.69) is 26.0 Å². The first-order valence-corrected chi connectivity index (χ1v) is 14.6. The molecule has 0 aliphatic carbocycles. The Bertz CT molecular complexity index is 607. The van der Waals surface area contributed by atoms with Crippen LogP contribution in [0.1, 0.15) is 39.0 Å². The standard InChI is InChI=1S/C15H27N4O7PS.W/c1-10(18-15(24)25-2)6-5-9-16-12(20)11(19-13(21)22)7-3-4-8-17-14(23)26-27-28;/h10-11,19H,3-9H2,1-2H3,(H,16,20)(H,17,23)(H,18,24)(H,21,22);. The van der Waals surface area contributed by atoms with Gasteiger partial charge in [-0.2, -0.15) is 0 Å². The zero-order valence-corrected chi connectivity index (χ0v) is 20.9. The number of unbranched alkanes of at least 4 members (excludes halogenated alkanes) is 1. The van der Waals surface area contributed by atoms with E-state index in [1.54, 1.807) is 0 Å². The van der Waals surface area contributed by atoms with Crippen LogP contribution < -0.4 is 21.3 Å². The van der Waals surface area contributed by atoms with Gasteiger partial charge in [0.1, 0.15) is 0 Å². The maximum atomic E-state index is 12.2. The first-order chi connectivity index (χ1) is 13.8. The Balaban J connectivity index is 4.16. The molecule has 0 rings (SSSR count). The molecular weight excluding hydrogens is 595 g/mol. The van der Waals surface area contributed by atoms with Crippen LogP contribution in [0.2, 0.25) is 0 Å². The number of nitrogens with one attached hydrogen (secondary N) is 4. The van der Waals surface area contributed by atoms with E-state index in [4.69, 9.17) is 9.63 Å². The molecule has 0 aromatic carbocycles. The zero-order chi connectivity index (χ0) is 22.1. The van der Waals surface area contributed by atoms with Gasteiger partial charge in [0.2, 0.25) is 0 Å². The summed E-state index contributed by atoms with van der Waals surface area (Å²) in [6, 6.07) is -0.980. The average Bonchev–Trinajstić information content (AvgIpc) is 2.67. The number of ether oxygens (including phenoxy) is 1. The molecule has 2 unspecified atom stereocenters. The van der Waals surface area contributed by atoms with Crippen LogP contribution in [0.25, 0.3) is 0 Å². The zero-order valence-electron chi connectivity index (χ0n) is 16.3. The summed E-state index contributed by atoms with van der Waals surface area (Å²) < 4.78 is 9.34. The summed E-state index contributed by atoms with van der Waals surface area (Å²) in [5.74, 6) is -0.408. The third-order valence-electron chi connectivity index (χ3n) is 3.62. The topological polar surface area (TPSA) is 155 Å². The number of hydrogen-bond acceptors (Lipinski definition) is 6. The van der Waals surface area contributed by atoms with E-state index in [1.165, 1.54) is 33.2 Å². The number of carboxylic acid groups (broad SMARTS) is 1. The third kappa shape index (κ3) is 16.0. The minimum Gasteiger partial charge on any atom is -0.465 e. The second kappa shape index (κ2) is 17.4. The van der Waals surface area contributed by atoms with Crippen LogP contribution in [-0.2, 0) is 40.2 Å². The molecule has 0 aromatic rings. The van der Waals surface area contributed by atoms with E-state index in [1.807, 2.05) is 6.92 Å². The van der Waals surface area contributed by atoms with Crippen molar-refractivity contribution in [3.63, 3.8) is 0 Å². The molecule has 2 atom stereocenters. The summed E-state index contributed by atoms with van der Waals surface area (Å²) in [6.45, 7) is 2.55. The van der Waals surface area contributed by atoms with Crippen LogP contribution in [0, 0.1) is 0 Å². The predicted molar refractivity (Wildman–Crippen MR) is 105 cm³/mol. The molecular formula is C15H27N4O7PSW. The van der Waals surface area contributed by atoms with E-state index >= 15 is 0 Å². The Morgan fingerprint density at radius 1 is 1.03 bits per heavy atom.